The summed E-state index contributed by atoms with van der Waals surface area (Å²) in [5.41, 5.74) is 0. The summed E-state index contributed by atoms with van der Waals surface area (Å²) in [6, 6.07) is 4.68. The topological polar surface area (TPSA) is 88.2 Å². The van der Waals surface area contributed by atoms with Gasteiger partial charge >= 0.3 is 0 Å². The number of hydrogen-bond acceptors (Lipinski definition) is 6. The van der Waals surface area contributed by atoms with Crippen LogP contribution in [0.2, 0.25) is 0 Å². The van der Waals surface area contributed by atoms with E-state index in [-0.39, 0.29) is 36.3 Å². The maximum Gasteiger partial charge on any atom is 0.243 e. The summed E-state index contributed by atoms with van der Waals surface area (Å²) < 4.78 is 38.2. The van der Waals surface area contributed by atoms with Crippen LogP contribution in [-0.4, -0.2) is 76.5 Å². The van der Waals surface area contributed by atoms with Gasteiger partial charge in [-0.2, -0.15) is 4.31 Å². The number of ether oxygens (including phenoxy) is 2. The van der Waals surface area contributed by atoms with E-state index >= 15 is 0 Å². The van der Waals surface area contributed by atoms with Gasteiger partial charge in [0.05, 0.1) is 11.4 Å². The van der Waals surface area contributed by atoms with Gasteiger partial charge in [0, 0.05) is 32.2 Å². The minimum absolute atomic E-state index is 0. The maximum absolute atomic E-state index is 12.9. The smallest absolute Gasteiger partial charge is 0.243 e. The first-order chi connectivity index (χ1) is 12.0. The van der Waals surface area contributed by atoms with Crippen LogP contribution in [0, 0.1) is 0 Å². The van der Waals surface area contributed by atoms with Crippen molar-refractivity contribution >= 4 is 28.3 Å². The Balaban J connectivity index is 0.00000243. The third kappa shape index (κ3) is 4.40. The third-order valence-corrected chi connectivity index (χ3v) is 6.18. The van der Waals surface area contributed by atoms with Gasteiger partial charge in [-0.05, 0) is 25.6 Å². The zero-order valence-electron chi connectivity index (χ0n) is 14.6. The van der Waals surface area contributed by atoms with E-state index in [4.69, 9.17) is 9.47 Å². The van der Waals surface area contributed by atoms with Crippen LogP contribution in [0.4, 0.5) is 0 Å². The molecule has 0 spiro atoms. The van der Waals surface area contributed by atoms with E-state index in [1.54, 1.807) is 18.0 Å². The van der Waals surface area contributed by atoms with Crippen molar-refractivity contribution in [3.05, 3.63) is 18.2 Å². The number of sulfonamides is 1. The number of rotatable bonds is 4. The van der Waals surface area contributed by atoms with Crippen LogP contribution in [0.5, 0.6) is 11.5 Å². The van der Waals surface area contributed by atoms with Crippen molar-refractivity contribution in [1.29, 1.82) is 0 Å². The fraction of sp³-hybridized carbons (Fsp3) is 0.562. The molecule has 2 heterocycles. The second-order valence-corrected chi connectivity index (χ2v) is 7.91. The summed E-state index contributed by atoms with van der Waals surface area (Å²) in [7, 11) is -1.92. The molecule has 0 aromatic heterocycles. The number of likely N-dealkylation sites (N-methyl/N-ethyl adjacent to an activating group) is 1. The molecule has 0 bridgehead atoms. The molecule has 0 aliphatic carbocycles. The highest BCUT2D eigenvalue weighted by atomic mass is 35.5. The van der Waals surface area contributed by atoms with Gasteiger partial charge in [-0.15, -0.1) is 12.4 Å². The summed E-state index contributed by atoms with van der Waals surface area (Å²) in [4.78, 5) is 13.9. The minimum atomic E-state index is -3.64. The van der Waals surface area contributed by atoms with Gasteiger partial charge in [-0.1, -0.05) is 0 Å². The number of benzene rings is 1. The average molecular weight is 406 g/mol. The van der Waals surface area contributed by atoms with Crippen LogP contribution in [0.25, 0.3) is 0 Å². The predicted octanol–water partition coefficient (Wildman–Crippen LogP) is 0.322. The van der Waals surface area contributed by atoms with Gasteiger partial charge in [0.2, 0.25) is 15.9 Å². The standard InChI is InChI=1S/C16H23N3O5S.ClH/c1-17-12-16(20)18-5-2-6-19(8-7-18)25(21,22)13-3-4-14-15(11-13)24-10-9-23-14;/h3-4,11,17H,2,5-10,12H2,1H3;1H. The first kappa shape index (κ1) is 20.8. The monoisotopic (exact) mass is 405 g/mol. The third-order valence-electron chi connectivity index (χ3n) is 4.29. The van der Waals surface area contributed by atoms with Crippen molar-refractivity contribution in [3.8, 4) is 11.5 Å². The molecule has 3 rings (SSSR count). The van der Waals surface area contributed by atoms with Gasteiger partial charge in [0.1, 0.15) is 13.2 Å². The Morgan fingerprint density at radius 1 is 1.12 bits per heavy atom. The molecule has 2 aliphatic rings. The first-order valence-corrected chi connectivity index (χ1v) is 9.78. The van der Waals surface area contributed by atoms with Crippen LogP contribution in [-0.2, 0) is 14.8 Å². The lowest BCUT2D eigenvalue weighted by Crippen LogP contribution is -2.40. The summed E-state index contributed by atoms with van der Waals surface area (Å²) in [5.74, 6) is 0.999. The van der Waals surface area contributed by atoms with Crippen molar-refractivity contribution in [3.63, 3.8) is 0 Å². The quantitative estimate of drug-likeness (QED) is 0.776. The van der Waals surface area contributed by atoms with E-state index < -0.39 is 10.0 Å². The molecule has 8 nitrogen and oxygen atoms in total. The van der Waals surface area contributed by atoms with E-state index in [2.05, 4.69) is 5.32 Å². The highest BCUT2D eigenvalue weighted by Gasteiger charge is 2.29. The SMILES string of the molecule is CNCC(=O)N1CCCN(S(=O)(=O)c2ccc3c(c2)OCCO3)CC1.Cl. The fourth-order valence-corrected chi connectivity index (χ4v) is 4.47. The molecule has 1 aromatic rings. The highest BCUT2D eigenvalue weighted by Crippen LogP contribution is 2.33. The van der Waals surface area contributed by atoms with Gasteiger partial charge in [0.15, 0.2) is 11.5 Å². The molecule has 0 atom stereocenters. The van der Waals surface area contributed by atoms with Crippen LogP contribution in [0.1, 0.15) is 6.42 Å². The molecule has 26 heavy (non-hydrogen) atoms. The molecule has 1 N–H and O–H groups in total. The predicted molar refractivity (Wildman–Crippen MR) is 98.6 cm³/mol. The molecule has 1 aromatic carbocycles. The molecule has 0 radical (unpaired) electrons. The van der Waals surface area contributed by atoms with Crippen molar-refractivity contribution in [2.45, 2.75) is 11.3 Å². The molecule has 146 valence electrons. The fourth-order valence-electron chi connectivity index (χ4n) is 2.98. The van der Waals surface area contributed by atoms with Gasteiger partial charge in [-0.25, -0.2) is 8.42 Å². The number of fused-ring (bicyclic) bond motifs is 1. The normalized spacial score (nSPS) is 18.0. The second-order valence-electron chi connectivity index (χ2n) is 5.97. The zero-order valence-corrected chi connectivity index (χ0v) is 16.3. The maximum atomic E-state index is 12.9. The Labute approximate surface area is 159 Å². The number of halogens is 1. The average Bonchev–Trinajstić information content (AvgIpc) is 2.88. The molecular formula is C16H24ClN3O5S. The number of hydrogen-bond donors (Lipinski definition) is 1. The number of carbonyl (C=O) groups excluding carboxylic acids is 1. The number of amides is 1. The number of nitrogens with zero attached hydrogens (tertiary/aromatic N) is 2. The van der Waals surface area contributed by atoms with E-state index in [1.807, 2.05) is 0 Å². The molecule has 2 aliphatic heterocycles. The largest absolute Gasteiger partial charge is 0.486 e. The Morgan fingerprint density at radius 2 is 1.85 bits per heavy atom. The molecule has 1 amide bonds. The Kier molecular flexibility index (Phi) is 7.10. The number of nitrogens with one attached hydrogen (secondary N) is 1. The van der Waals surface area contributed by atoms with Crippen molar-refractivity contribution in [2.75, 3.05) is 53.0 Å². The van der Waals surface area contributed by atoms with Crippen LogP contribution >= 0.6 is 12.4 Å². The summed E-state index contributed by atoms with van der Waals surface area (Å²) in [6.07, 6.45) is 0.610. The molecule has 1 fully saturated rings. The van der Waals surface area contributed by atoms with Crippen molar-refractivity contribution in [1.82, 2.24) is 14.5 Å². The van der Waals surface area contributed by atoms with E-state index in [9.17, 15) is 13.2 Å². The lowest BCUT2D eigenvalue weighted by Gasteiger charge is -2.23. The van der Waals surface area contributed by atoms with E-state index in [0.29, 0.717) is 50.8 Å². The zero-order chi connectivity index (χ0) is 17.9. The van der Waals surface area contributed by atoms with Gasteiger partial charge in [-0.3, -0.25) is 4.79 Å². The van der Waals surface area contributed by atoms with Crippen LogP contribution in [0.3, 0.4) is 0 Å². The van der Waals surface area contributed by atoms with Gasteiger partial charge < -0.3 is 19.7 Å². The van der Waals surface area contributed by atoms with Crippen LogP contribution < -0.4 is 14.8 Å². The van der Waals surface area contributed by atoms with Gasteiger partial charge in [0.25, 0.3) is 0 Å². The Bertz CT molecular complexity index is 743. The molecule has 0 saturated carbocycles. The Hall–Kier alpha value is -1.55. The molecule has 1 saturated heterocycles. The lowest BCUT2D eigenvalue weighted by atomic mass is 10.3. The summed E-state index contributed by atoms with van der Waals surface area (Å²) in [6.45, 7) is 2.75. The lowest BCUT2D eigenvalue weighted by molar-refractivity contribution is -0.129. The Morgan fingerprint density at radius 3 is 2.58 bits per heavy atom. The highest BCUT2D eigenvalue weighted by molar-refractivity contribution is 7.89. The second kappa shape index (κ2) is 8.90. The van der Waals surface area contributed by atoms with Crippen LogP contribution in [0.15, 0.2) is 23.1 Å². The summed E-state index contributed by atoms with van der Waals surface area (Å²) in [5, 5.41) is 2.83. The number of carbonyl (C=O) groups is 1. The van der Waals surface area contributed by atoms with Crippen molar-refractivity contribution < 1.29 is 22.7 Å². The first-order valence-electron chi connectivity index (χ1n) is 8.34. The molecule has 10 heteroatoms. The van der Waals surface area contributed by atoms with E-state index in [1.165, 1.54) is 16.4 Å². The molecular weight excluding hydrogens is 382 g/mol. The minimum Gasteiger partial charge on any atom is -0.486 e. The molecule has 0 unspecified atom stereocenters. The summed E-state index contributed by atoms with van der Waals surface area (Å²) >= 11 is 0. The van der Waals surface area contributed by atoms with Crippen molar-refractivity contribution in [2.24, 2.45) is 0 Å². The van der Waals surface area contributed by atoms with E-state index in [0.717, 1.165) is 0 Å².